The molecule has 9 nitrogen and oxygen atoms in total. The van der Waals surface area contributed by atoms with E-state index in [1.165, 1.54) is 13.2 Å². The van der Waals surface area contributed by atoms with Crippen LogP contribution in [0, 0.1) is 12.3 Å². The van der Waals surface area contributed by atoms with Crippen LogP contribution in [0.5, 0.6) is 5.75 Å². The van der Waals surface area contributed by atoms with Crippen molar-refractivity contribution in [1.82, 2.24) is 10.2 Å². The normalized spacial score (nSPS) is 11.0. The maximum absolute atomic E-state index is 12.1. The third kappa shape index (κ3) is 4.04. The highest BCUT2D eigenvalue weighted by molar-refractivity contribution is 7.19. The van der Waals surface area contributed by atoms with Crippen LogP contribution < -0.4 is 21.0 Å². The van der Waals surface area contributed by atoms with E-state index in [0.29, 0.717) is 16.4 Å². The first-order valence-corrected chi connectivity index (χ1v) is 7.54. The van der Waals surface area contributed by atoms with Gasteiger partial charge < -0.3 is 19.9 Å². The third-order valence-electron chi connectivity index (χ3n) is 2.80. The average Bonchev–Trinajstić information content (AvgIpc) is 2.94. The number of aromatic nitrogens is 2. The van der Waals surface area contributed by atoms with Crippen LogP contribution in [0.1, 0.15) is 23.0 Å². The Morgan fingerprint density at radius 2 is 2.04 bits per heavy atom. The number of amides is 1. The van der Waals surface area contributed by atoms with Crippen molar-refractivity contribution in [2.24, 2.45) is 0 Å². The number of allylic oxidation sites excluding steroid dienone is 2. The number of anilines is 2. The molecule has 126 valence electrons. The summed E-state index contributed by atoms with van der Waals surface area (Å²) in [5, 5.41) is 20.8. The Bertz CT molecular complexity index is 855. The minimum absolute atomic E-state index is 0.0578. The molecule has 2 heterocycles. The van der Waals surface area contributed by atoms with Gasteiger partial charge in [0.25, 0.3) is 5.91 Å². The SMILES string of the molecule is COc1c(C)cc(C(=O)Nc2nnc(N/C(C)=C\C=N)s2)oc1=O. The van der Waals surface area contributed by atoms with Crippen molar-refractivity contribution in [2.45, 2.75) is 13.8 Å². The van der Waals surface area contributed by atoms with Gasteiger partial charge in [0, 0.05) is 17.5 Å². The minimum atomic E-state index is -0.727. The predicted molar refractivity (Wildman–Crippen MR) is 90.3 cm³/mol. The fraction of sp³-hybridized carbons (Fsp3) is 0.214. The lowest BCUT2D eigenvalue weighted by molar-refractivity contribution is 0.0991. The fourth-order valence-corrected chi connectivity index (χ4v) is 2.48. The van der Waals surface area contributed by atoms with Crippen LogP contribution in [0.15, 0.2) is 27.1 Å². The van der Waals surface area contributed by atoms with Gasteiger partial charge in [-0.3, -0.25) is 10.1 Å². The molecule has 3 N–H and O–H groups in total. The molecule has 1 amide bonds. The highest BCUT2D eigenvalue weighted by atomic mass is 32.1. The Morgan fingerprint density at radius 3 is 2.62 bits per heavy atom. The van der Waals surface area contributed by atoms with E-state index < -0.39 is 11.5 Å². The first-order valence-electron chi connectivity index (χ1n) is 6.72. The van der Waals surface area contributed by atoms with E-state index >= 15 is 0 Å². The smallest absolute Gasteiger partial charge is 0.379 e. The van der Waals surface area contributed by atoms with Crippen molar-refractivity contribution in [3.05, 3.63) is 39.6 Å². The summed E-state index contributed by atoms with van der Waals surface area (Å²) >= 11 is 1.10. The number of nitrogens with zero attached hydrogens (tertiary/aromatic N) is 2. The Kier molecular flexibility index (Phi) is 5.42. The zero-order chi connectivity index (χ0) is 17.7. The molecule has 0 radical (unpaired) electrons. The molecule has 0 aromatic carbocycles. The van der Waals surface area contributed by atoms with Gasteiger partial charge in [0.2, 0.25) is 16.0 Å². The van der Waals surface area contributed by atoms with Gasteiger partial charge in [0.1, 0.15) is 0 Å². The quantitative estimate of drug-likeness (QED) is 0.680. The van der Waals surface area contributed by atoms with Crippen LogP contribution in [0.3, 0.4) is 0 Å². The Balaban J connectivity index is 2.13. The summed E-state index contributed by atoms with van der Waals surface area (Å²) in [5.74, 6) is -0.711. The van der Waals surface area contributed by atoms with Gasteiger partial charge in [-0.25, -0.2) is 4.79 Å². The molecule has 0 saturated heterocycles. The summed E-state index contributed by atoms with van der Waals surface area (Å²) in [6.07, 6.45) is 2.69. The number of carbonyl (C=O) groups is 1. The standard InChI is InChI=1S/C14H15N5O4S/c1-7-6-9(23-12(21)10(7)22-3)11(20)17-14-19-18-13(24-14)16-8(2)4-5-15/h4-6,15H,1-3H3,(H,16,18)(H,17,19,20)/b8-4-,15-5?. The molecule has 0 unspecified atom stereocenters. The summed E-state index contributed by atoms with van der Waals surface area (Å²) in [7, 11) is 1.35. The zero-order valence-electron chi connectivity index (χ0n) is 13.2. The molecule has 0 spiro atoms. The number of carbonyl (C=O) groups excluding carboxylic acids is 1. The maximum atomic E-state index is 12.1. The Morgan fingerprint density at radius 1 is 1.38 bits per heavy atom. The van der Waals surface area contributed by atoms with E-state index in [4.69, 9.17) is 14.6 Å². The van der Waals surface area contributed by atoms with E-state index in [1.54, 1.807) is 19.9 Å². The number of hydrogen-bond donors (Lipinski definition) is 3. The van der Waals surface area contributed by atoms with Gasteiger partial charge in [-0.2, -0.15) is 0 Å². The molecule has 10 heteroatoms. The summed E-state index contributed by atoms with van der Waals surface area (Å²) in [4.78, 5) is 23.8. The lowest BCUT2D eigenvalue weighted by Crippen LogP contribution is -2.16. The predicted octanol–water partition coefficient (Wildman–Crippen LogP) is 2.03. The van der Waals surface area contributed by atoms with Crippen molar-refractivity contribution in [3.8, 4) is 5.75 Å². The minimum Gasteiger partial charge on any atom is -0.490 e. The van der Waals surface area contributed by atoms with E-state index in [2.05, 4.69) is 20.8 Å². The lowest BCUT2D eigenvalue weighted by atomic mass is 10.2. The molecule has 24 heavy (non-hydrogen) atoms. The maximum Gasteiger partial charge on any atom is 0.379 e. The number of nitrogens with one attached hydrogen (secondary N) is 3. The number of methoxy groups -OCH3 is 1. The first-order chi connectivity index (χ1) is 11.4. The topological polar surface area (TPSA) is 130 Å². The molecule has 0 aliphatic carbocycles. The Hall–Kier alpha value is -3.01. The molecular formula is C14H15N5O4S. The summed E-state index contributed by atoms with van der Waals surface area (Å²) < 4.78 is 9.83. The van der Waals surface area contributed by atoms with E-state index in [-0.39, 0.29) is 16.6 Å². The van der Waals surface area contributed by atoms with Crippen molar-refractivity contribution in [2.75, 3.05) is 17.7 Å². The molecule has 2 aromatic heterocycles. The summed E-state index contributed by atoms with van der Waals surface area (Å²) in [6.45, 7) is 3.40. The molecule has 2 aromatic rings. The monoisotopic (exact) mass is 349 g/mol. The van der Waals surface area contributed by atoms with Gasteiger partial charge in [-0.1, -0.05) is 11.3 Å². The molecule has 0 atom stereocenters. The van der Waals surface area contributed by atoms with Gasteiger partial charge in [-0.15, -0.1) is 10.2 Å². The zero-order valence-corrected chi connectivity index (χ0v) is 14.0. The summed E-state index contributed by atoms with van der Waals surface area (Å²) in [5.41, 5.74) is 0.469. The lowest BCUT2D eigenvalue weighted by Gasteiger charge is -2.04. The molecule has 0 aliphatic heterocycles. The van der Waals surface area contributed by atoms with Crippen molar-refractivity contribution in [1.29, 1.82) is 5.41 Å². The van der Waals surface area contributed by atoms with E-state index in [1.807, 2.05) is 0 Å². The van der Waals surface area contributed by atoms with Crippen LogP contribution >= 0.6 is 11.3 Å². The highest BCUT2D eigenvalue weighted by Crippen LogP contribution is 2.22. The average molecular weight is 349 g/mol. The van der Waals surface area contributed by atoms with Crippen molar-refractivity contribution in [3.63, 3.8) is 0 Å². The Labute approximate surface area is 140 Å². The second-order valence-corrected chi connectivity index (χ2v) is 5.60. The van der Waals surface area contributed by atoms with Crippen LogP contribution in [0.25, 0.3) is 0 Å². The number of ether oxygens (including phenoxy) is 1. The number of aryl methyl sites for hydroxylation is 1. The summed E-state index contributed by atoms with van der Waals surface area (Å²) in [6, 6.07) is 1.41. The van der Waals surface area contributed by atoms with Gasteiger partial charge >= 0.3 is 5.63 Å². The van der Waals surface area contributed by atoms with Crippen LogP contribution in [-0.4, -0.2) is 29.4 Å². The van der Waals surface area contributed by atoms with Gasteiger partial charge in [0.05, 0.1) is 7.11 Å². The number of rotatable bonds is 6. The highest BCUT2D eigenvalue weighted by Gasteiger charge is 2.16. The van der Waals surface area contributed by atoms with E-state index in [0.717, 1.165) is 17.6 Å². The van der Waals surface area contributed by atoms with Crippen molar-refractivity contribution >= 4 is 33.7 Å². The second kappa shape index (κ2) is 7.51. The molecular weight excluding hydrogens is 334 g/mol. The molecule has 0 bridgehead atoms. The second-order valence-electron chi connectivity index (χ2n) is 4.62. The van der Waals surface area contributed by atoms with Crippen LogP contribution in [-0.2, 0) is 0 Å². The molecule has 0 saturated carbocycles. The van der Waals surface area contributed by atoms with Crippen molar-refractivity contribution < 1.29 is 13.9 Å². The van der Waals surface area contributed by atoms with Crippen LogP contribution in [0.2, 0.25) is 0 Å². The van der Waals surface area contributed by atoms with Gasteiger partial charge in [0.15, 0.2) is 5.76 Å². The molecule has 0 fully saturated rings. The largest absolute Gasteiger partial charge is 0.490 e. The van der Waals surface area contributed by atoms with Gasteiger partial charge in [-0.05, 0) is 26.0 Å². The first kappa shape index (κ1) is 17.3. The molecule has 0 aliphatic rings. The number of hydrogen-bond acceptors (Lipinski definition) is 9. The fourth-order valence-electron chi connectivity index (χ4n) is 1.77. The van der Waals surface area contributed by atoms with Crippen LogP contribution in [0.4, 0.5) is 10.3 Å². The third-order valence-corrected chi connectivity index (χ3v) is 3.56. The molecule has 2 rings (SSSR count). The van der Waals surface area contributed by atoms with E-state index in [9.17, 15) is 9.59 Å².